The molecule has 2 aromatic rings. The van der Waals surface area contributed by atoms with E-state index >= 15 is 0 Å². The molecule has 26 heavy (non-hydrogen) atoms. The number of benzene rings is 2. The Labute approximate surface area is 145 Å². The van der Waals surface area contributed by atoms with Gasteiger partial charge >= 0.3 is 0 Å². The first-order valence-corrected chi connectivity index (χ1v) is 7.90. The van der Waals surface area contributed by atoms with Crippen LogP contribution in [-0.4, -0.2) is 44.9 Å². The number of carbonyl (C=O) groups is 2. The van der Waals surface area contributed by atoms with E-state index in [-0.39, 0.29) is 46.6 Å². The molecule has 2 aliphatic heterocycles. The Morgan fingerprint density at radius 1 is 1.00 bits per heavy atom. The van der Waals surface area contributed by atoms with Crippen molar-refractivity contribution in [2.24, 2.45) is 0 Å². The highest BCUT2D eigenvalue weighted by molar-refractivity contribution is 6.31. The van der Waals surface area contributed by atoms with Crippen LogP contribution in [0.1, 0.15) is 43.8 Å². The second kappa shape index (κ2) is 4.54. The SMILES string of the molecule is O=C1c2cc3c(c(O)c2C(=O)c2c(O)ccc(O)c21)[C@]1(O)CCO[C@@H]1O3. The lowest BCUT2D eigenvalue weighted by Crippen LogP contribution is -2.33. The zero-order valence-electron chi connectivity index (χ0n) is 13.1. The lowest BCUT2D eigenvalue weighted by atomic mass is 9.79. The van der Waals surface area contributed by atoms with E-state index in [0.29, 0.717) is 0 Å². The number of phenolic OH excluding ortho intramolecular Hbond substituents is 3. The highest BCUT2D eigenvalue weighted by atomic mass is 16.7. The molecule has 132 valence electrons. The van der Waals surface area contributed by atoms with Crippen LogP contribution < -0.4 is 4.74 Å². The van der Waals surface area contributed by atoms with E-state index in [1.165, 1.54) is 6.07 Å². The fourth-order valence-electron chi connectivity index (χ4n) is 3.93. The quantitative estimate of drug-likeness (QED) is 0.437. The lowest BCUT2D eigenvalue weighted by Gasteiger charge is -2.23. The standard InChI is InChI=1S/C18H12O8/c19-7-1-2-8(20)12-11(7)14(21)6-5-9-13(16(23)10(6)15(12)22)18(24)3-4-25-17(18)26-9/h1-2,5,17,19-20,23-24H,3-4H2/t17-,18-/m1/s1. The van der Waals surface area contributed by atoms with E-state index in [2.05, 4.69) is 0 Å². The predicted octanol–water partition coefficient (Wildman–Crippen LogP) is 0.905. The monoisotopic (exact) mass is 356 g/mol. The van der Waals surface area contributed by atoms with Crippen LogP contribution in [0.25, 0.3) is 0 Å². The van der Waals surface area contributed by atoms with Gasteiger partial charge < -0.3 is 29.9 Å². The van der Waals surface area contributed by atoms with Gasteiger partial charge in [0.2, 0.25) is 12.1 Å². The van der Waals surface area contributed by atoms with Crippen LogP contribution in [-0.2, 0) is 10.3 Å². The molecule has 8 nitrogen and oxygen atoms in total. The second-order valence-electron chi connectivity index (χ2n) is 6.53. The predicted molar refractivity (Wildman–Crippen MR) is 83.6 cm³/mol. The van der Waals surface area contributed by atoms with Gasteiger partial charge in [0.25, 0.3) is 0 Å². The maximum atomic E-state index is 12.9. The zero-order chi connectivity index (χ0) is 18.4. The molecule has 0 unspecified atom stereocenters. The molecule has 0 spiro atoms. The maximum Gasteiger partial charge on any atom is 0.233 e. The van der Waals surface area contributed by atoms with E-state index in [1.807, 2.05) is 0 Å². The summed E-state index contributed by atoms with van der Waals surface area (Å²) in [5.74, 6) is -3.05. The molecule has 2 heterocycles. The molecular weight excluding hydrogens is 344 g/mol. The third-order valence-corrected chi connectivity index (χ3v) is 5.16. The van der Waals surface area contributed by atoms with Crippen molar-refractivity contribution in [2.75, 3.05) is 6.61 Å². The van der Waals surface area contributed by atoms with E-state index in [9.17, 15) is 30.0 Å². The van der Waals surface area contributed by atoms with Crippen LogP contribution in [0.5, 0.6) is 23.0 Å². The summed E-state index contributed by atoms with van der Waals surface area (Å²) in [5.41, 5.74) is -2.88. The molecule has 1 aliphatic carbocycles. The van der Waals surface area contributed by atoms with Crippen molar-refractivity contribution in [3.05, 3.63) is 46.0 Å². The van der Waals surface area contributed by atoms with Gasteiger partial charge in [-0.2, -0.15) is 0 Å². The highest BCUT2D eigenvalue weighted by Gasteiger charge is 2.56. The first-order chi connectivity index (χ1) is 12.3. The van der Waals surface area contributed by atoms with Crippen molar-refractivity contribution in [2.45, 2.75) is 18.3 Å². The molecule has 4 N–H and O–H groups in total. The molecule has 0 bridgehead atoms. The van der Waals surface area contributed by atoms with Crippen molar-refractivity contribution < 1.29 is 39.5 Å². The Bertz CT molecular complexity index is 1040. The number of hydrogen-bond acceptors (Lipinski definition) is 8. The highest BCUT2D eigenvalue weighted by Crippen LogP contribution is 2.54. The average molecular weight is 356 g/mol. The molecule has 5 rings (SSSR count). The summed E-state index contributed by atoms with van der Waals surface area (Å²) in [6, 6.07) is 3.44. The molecule has 0 amide bonds. The van der Waals surface area contributed by atoms with E-state index < -0.39 is 40.7 Å². The molecule has 0 saturated carbocycles. The van der Waals surface area contributed by atoms with Crippen LogP contribution in [0.3, 0.4) is 0 Å². The number of carbonyl (C=O) groups excluding carboxylic acids is 2. The third-order valence-electron chi connectivity index (χ3n) is 5.16. The number of phenols is 3. The molecule has 1 saturated heterocycles. The summed E-state index contributed by atoms with van der Waals surface area (Å²) in [7, 11) is 0. The summed E-state index contributed by atoms with van der Waals surface area (Å²) in [6.07, 6.45) is -0.886. The van der Waals surface area contributed by atoms with Gasteiger partial charge in [-0.1, -0.05) is 0 Å². The fraction of sp³-hybridized carbons (Fsp3) is 0.222. The van der Waals surface area contributed by atoms with Crippen molar-refractivity contribution in [1.29, 1.82) is 0 Å². The van der Waals surface area contributed by atoms with Crippen molar-refractivity contribution >= 4 is 11.6 Å². The van der Waals surface area contributed by atoms with Gasteiger partial charge in [0.05, 0.1) is 28.9 Å². The van der Waals surface area contributed by atoms with Gasteiger partial charge in [-0.3, -0.25) is 9.59 Å². The maximum absolute atomic E-state index is 12.9. The number of ketones is 2. The van der Waals surface area contributed by atoms with Gasteiger partial charge in [-0.05, 0) is 18.2 Å². The topological polar surface area (TPSA) is 134 Å². The van der Waals surface area contributed by atoms with E-state index in [0.717, 1.165) is 12.1 Å². The smallest absolute Gasteiger partial charge is 0.233 e. The number of rotatable bonds is 0. The van der Waals surface area contributed by atoms with Crippen LogP contribution >= 0.6 is 0 Å². The van der Waals surface area contributed by atoms with Crippen LogP contribution in [0.15, 0.2) is 18.2 Å². The van der Waals surface area contributed by atoms with Gasteiger partial charge in [0, 0.05) is 12.0 Å². The van der Waals surface area contributed by atoms with Gasteiger partial charge in [-0.25, -0.2) is 0 Å². The zero-order valence-corrected chi connectivity index (χ0v) is 13.1. The van der Waals surface area contributed by atoms with Crippen molar-refractivity contribution in [3.8, 4) is 23.0 Å². The first kappa shape index (κ1) is 15.2. The Balaban J connectivity index is 1.82. The third kappa shape index (κ3) is 1.56. The summed E-state index contributed by atoms with van der Waals surface area (Å²) in [6.45, 7) is 0.210. The number of fused-ring (bicyclic) bond motifs is 5. The minimum atomic E-state index is -1.63. The lowest BCUT2D eigenvalue weighted by molar-refractivity contribution is -0.123. The van der Waals surface area contributed by atoms with Gasteiger partial charge in [-0.15, -0.1) is 0 Å². The number of aliphatic hydroxyl groups is 1. The van der Waals surface area contributed by atoms with Crippen LogP contribution in [0.2, 0.25) is 0 Å². The first-order valence-electron chi connectivity index (χ1n) is 7.90. The summed E-state index contributed by atoms with van der Waals surface area (Å²) >= 11 is 0. The number of hydrogen-bond donors (Lipinski definition) is 4. The Morgan fingerprint density at radius 3 is 2.35 bits per heavy atom. The van der Waals surface area contributed by atoms with Gasteiger partial charge in [0.15, 0.2) is 11.4 Å². The molecule has 0 radical (unpaired) electrons. The Hall–Kier alpha value is -3.10. The molecule has 2 aromatic carbocycles. The van der Waals surface area contributed by atoms with E-state index in [1.54, 1.807) is 0 Å². The second-order valence-corrected chi connectivity index (χ2v) is 6.53. The average Bonchev–Trinajstić information content (AvgIpc) is 3.07. The molecule has 2 atom stereocenters. The molecule has 8 heteroatoms. The fourth-order valence-corrected chi connectivity index (χ4v) is 3.93. The summed E-state index contributed by atoms with van der Waals surface area (Å²) < 4.78 is 10.8. The Kier molecular flexibility index (Phi) is 2.65. The van der Waals surface area contributed by atoms with Crippen molar-refractivity contribution in [3.63, 3.8) is 0 Å². The number of ether oxygens (including phenoxy) is 2. The molecule has 1 fully saturated rings. The molecule has 0 aromatic heterocycles. The van der Waals surface area contributed by atoms with Gasteiger partial charge in [0.1, 0.15) is 23.0 Å². The largest absolute Gasteiger partial charge is 0.507 e. The minimum absolute atomic E-state index is 0.0111. The normalized spacial score (nSPS) is 25.3. The van der Waals surface area contributed by atoms with Crippen LogP contribution in [0.4, 0.5) is 0 Å². The summed E-state index contributed by atoms with van der Waals surface area (Å²) in [4.78, 5) is 25.7. The molecular formula is C18H12O8. The minimum Gasteiger partial charge on any atom is -0.507 e. The van der Waals surface area contributed by atoms with E-state index in [4.69, 9.17) is 9.47 Å². The van der Waals surface area contributed by atoms with Crippen LogP contribution in [0, 0.1) is 0 Å². The summed E-state index contributed by atoms with van der Waals surface area (Å²) in [5, 5.41) is 41.6. The molecule has 3 aliphatic rings. The number of aromatic hydroxyl groups is 3. The Morgan fingerprint density at radius 2 is 1.65 bits per heavy atom. The van der Waals surface area contributed by atoms with Crippen molar-refractivity contribution in [1.82, 2.24) is 0 Å².